The molecule has 0 saturated heterocycles. The third-order valence-electron chi connectivity index (χ3n) is 4.38. The molecule has 0 radical (unpaired) electrons. The van der Waals surface area contributed by atoms with Crippen molar-refractivity contribution in [1.29, 1.82) is 0 Å². The van der Waals surface area contributed by atoms with Gasteiger partial charge in [0.2, 0.25) is 0 Å². The Morgan fingerprint density at radius 2 is 2.24 bits per heavy atom. The SMILES string of the molecule is CCC1(CNC(=O)c2cccc(C#CCCO)c2)CCC1. The molecule has 3 nitrogen and oxygen atoms in total. The molecule has 1 amide bonds. The average molecular weight is 285 g/mol. The van der Waals surface area contributed by atoms with Gasteiger partial charge in [0.15, 0.2) is 0 Å². The number of aliphatic hydroxyl groups is 1. The molecule has 112 valence electrons. The Bertz CT molecular complexity index is 544. The molecule has 1 fully saturated rings. The number of hydrogen-bond acceptors (Lipinski definition) is 2. The smallest absolute Gasteiger partial charge is 0.251 e. The van der Waals surface area contributed by atoms with Gasteiger partial charge in [-0.25, -0.2) is 0 Å². The van der Waals surface area contributed by atoms with Crippen molar-refractivity contribution in [2.45, 2.75) is 39.0 Å². The predicted octanol–water partition coefficient (Wildman–Crippen LogP) is 2.73. The second-order valence-corrected chi connectivity index (χ2v) is 5.75. The van der Waals surface area contributed by atoms with Gasteiger partial charge in [-0.05, 0) is 42.9 Å². The number of carbonyl (C=O) groups excluding carboxylic acids is 1. The first kappa shape index (κ1) is 15.6. The molecule has 21 heavy (non-hydrogen) atoms. The normalized spacial score (nSPS) is 15.5. The van der Waals surface area contributed by atoms with Crippen LogP contribution in [0.5, 0.6) is 0 Å². The summed E-state index contributed by atoms with van der Waals surface area (Å²) in [5.41, 5.74) is 1.79. The molecule has 1 aromatic rings. The van der Waals surface area contributed by atoms with E-state index in [0.29, 0.717) is 17.4 Å². The first-order valence-electron chi connectivity index (χ1n) is 7.67. The molecule has 0 unspecified atom stereocenters. The van der Waals surface area contributed by atoms with Crippen LogP contribution in [0.3, 0.4) is 0 Å². The molecule has 0 atom stereocenters. The third-order valence-corrected chi connectivity index (χ3v) is 4.38. The quantitative estimate of drug-likeness (QED) is 0.817. The lowest BCUT2D eigenvalue weighted by molar-refractivity contribution is 0.0850. The van der Waals surface area contributed by atoms with E-state index in [9.17, 15) is 4.79 Å². The van der Waals surface area contributed by atoms with Gasteiger partial charge in [-0.3, -0.25) is 4.79 Å². The number of carbonyl (C=O) groups is 1. The maximum absolute atomic E-state index is 12.2. The van der Waals surface area contributed by atoms with Crippen molar-refractivity contribution in [1.82, 2.24) is 5.32 Å². The predicted molar refractivity (Wildman–Crippen MR) is 83.9 cm³/mol. The molecule has 0 heterocycles. The lowest BCUT2D eigenvalue weighted by Gasteiger charge is -2.41. The summed E-state index contributed by atoms with van der Waals surface area (Å²) >= 11 is 0. The molecule has 0 spiro atoms. The van der Waals surface area contributed by atoms with Crippen LogP contribution in [0, 0.1) is 17.3 Å². The molecule has 0 aromatic heterocycles. The average Bonchev–Trinajstić information content (AvgIpc) is 2.47. The van der Waals surface area contributed by atoms with Gasteiger partial charge in [0.05, 0.1) is 6.61 Å². The molecule has 1 aromatic carbocycles. The van der Waals surface area contributed by atoms with Crippen LogP contribution in [0.2, 0.25) is 0 Å². The highest BCUT2D eigenvalue weighted by Crippen LogP contribution is 2.43. The van der Waals surface area contributed by atoms with E-state index in [-0.39, 0.29) is 12.5 Å². The van der Waals surface area contributed by atoms with Crippen LogP contribution in [-0.2, 0) is 0 Å². The van der Waals surface area contributed by atoms with Crippen molar-refractivity contribution in [2.24, 2.45) is 5.41 Å². The minimum atomic E-state index is -0.0273. The topological polar surface area (TPSA) is 49.3 Å². The maximum Gasteiger partial charge on any atom is 0.251 e. The van der Waals surface area contributed by atoms with Crippen molar-refractivity contribution < 1.29 is 9.90 Å². The number of hydrogen-bond donors (Lipinski definition) is 2. The molecule has 1 aliphatic carbocycles. The Morgan fingerprint density at radius 1 is 1.43 bits per heavy atom. The highest BCUT2D eigenvalue weighted by Gasteiger charge is 2.35. The van der Waals surface area contributed by atoms with Crippen LogP contribution in [0.1, 0.15) is 54.9 Å². The summed E-state index contributed by atoms with van der Waals surface area (Å²) < 4.78 is 0. The zero-order valence-corrected chi connectivity index (χ0v) is 12.6. The number of aliphatic hydroxyl groups excluding tert-OH is 1. The van der Waals surface area contributed by atoms with E-state index in [1.54, 1.807) is 6.07 Å². The molecular weight excluding hydrogens is 262 g/mol. The molecule has 0 bridgehead atoms. The Labute approximate surface area is 126 Å². The first-order valence-corrected chi connectivity index (χ1v) is 7.67. The summed E-state index contributed by atoms with van der Waals surface area (Å²) in [6, 6.07) is 7.34. The summed E-state index contributed by atoms with van der Waals surface area (Å²) in [5.74, 6) is 5.80. The second-order valence-electron chi connectivity index (χ2n) is 5.75. The van der Waals surface area contributed by atoms with Crippen LogP contribution >= 0.6 is 0 Å². The summed E-state index contributed by atoms with van der Waals surface area (Å²) in [4.78, 5) is 12.2. The summed E-state index contributed by atoms with van der Waals surface area (Å²) in [5, 5.41) is 11.8. The zero-order chi connectivity index (χ0) is 15.1. The number of rotatable bonds is 5. The van der Waals surface area contributed by atoms with E-state index in [4.69, 9.17) is 5.11 Å². The molecule has 1 aliphatic rings. The van der Waals surface area contributed by atoms with Crippen LogP contribution in [-0.4, -0.2) is 24.2 Å². The molecule has 1 saturated carbocycles. The van der Waals surface area contributed by atoms with Gasteiger partial charge in [0, 0.05) is 24.1 Å². The third kappa shape index (κ3) is 4.09. The van der Waals surface area contributed by atoms with E-state index < -0.39 is 0 Å². The number of nitrogens with one attached hydrogen (secondary N) is 1. The van der Waals surface area contributed by atoms with Crippen molar-refractivity contribution in [3.63, 3.8) is 0 Å². The minimum absolute atomic E-state index is 0.0273. The van der Waals surface area contributed by atoms with E-state index in [1.165, 1.54) is 19.3 Å². The lowest BCUT2D eigenvalue weighted by atomic mass is 9.67. The molecule has 0 aliphatic heterocycles. The molecule has 2 rings (SSSR count). The van der Waals surface area contributed by atoms with Gasteiger partial charge < -0.3 is 10.4 Å². The van der Waals surface area contributed by atoms with Crippen molar-refractivity contribution in [3.8, 4) is 11.8 Å². The van der Waals surface area contributed by atoms with Crippen molar-refractivity contribution >= 4 is 5.91 Å². The lowest BCUT2D eigenvalue weighted by Crippen LogP contribution is -2.41. The second kappa shape index (κ2) is 7.28. The van der Waals surface area contributed by atoms with Crippen LogP contribution < -0.4 is 5.32 Å². The Hall–Kier alpha value is -1.79. The highest BCUT2D eigenvalue weighted by molar-refractivity contribution is 5.94. The first-order chi connectivity index (χ1) is 10.2. The van der Waals surface area contributed by atoms with E-state index in [2.05, 4.69) is 24.1 Å². The summed E-state index contributed by atoms with van der Waals surface area (Å²) in [6.07, 6.45) is 5.29. The summed E-state index contributed by atoms with van der Waals surface area (Å²) in [6.45, 7) is 3.03. The van der Waals surface area contributed by atoms with Gasteiger partial charge in [-0.15, -0.1) is 0 Å². The highest BCUT2D eigenvalue weighted by atomic mass is 16.2. The fraction of sp³-hybridized carbons (Fsp3) is 0.500. The Balaban J connectivity index is 1.96. The molecule has 3 heteroatoms. The van der Waals surface area contributed by atoms with Crippen LogP contribution in [0.25, 0.3) is 0 Å². The number of amides is 1. The van der Waals surface area contributed by atoms with E-state index in [1.807, 2.05) is 18.2 Å². The Kier molecular flexibility index (Phi) is 5.41. The van der Waals surface area contributed by atoms with Gasteiger partial charge in [0.25, 0.3) is 5.91 Å². The summed E-state index contributed by atoms with van der Waals surface area (Å²) in [7, 11) is 0. The van der Waals surface area contributed by atoms with E-state index in [0.717, 1.165) is 18.5 Å². The maximum atomic E-state index is 12.2. The van der Waals surface area contributed by atoms with Gasteiger partial charge >= 0.3 is 0 Å². The van der Waals surface area contributed by atoms with Crippen LogP contribution in [0.4, 0.5) is 0 Å². The monoisotopic (exact) mass is 285 g/mol. The van der Waals surface area contributed by atoms with E-state index >= 15 is 0 Å². The number of benzene rings is 1. The fourth-order valence-corrected chi connectivity index (χ4v) is 2.66. The van der Waals surface area contributed by atoms with Crippen molar-refractivity contribution in [3.05, 3.63) is 35.4 Å². The Morgan fingerprint density at radius 3 is 2.86 bits per heavy atom. The fourth-order valence-electron chi connectivity index (χ4n) is 2.66. The minimum Gasteiger partial charge on any atom is -0.395 e. The van der Waals surface area contributed by atoms with Gasteiger partial charge in [-0.2, -0.15) is 0 Å². The standard InChI is InChI=1S/C18H23NO2/c1-2-18(10-6-11-18)14-19-17(21)16-9-5-8-15(13-16)7-3-4-12-20/h5,8-9,13,20H,2,4,6,10-12,14H2,1H3,(H,19,21). The van der Waals surface area contributed by atoms with Crippen LogP contribution in [0.15, 0.2) is 24.3 Å². The zero-order valence-electron chi connectivity index (χ0n) is 12.6. The molecular formula is C18H23NO2. The van der Waals surface area contributed by atoms with Gasteiger partial charge in [0.1, 0.15) is 0 Å². The van der Waals surface area contributed by atoms with Crippen molar-refractivity contribution in [2.75, 3.05) is 13.2 Å². The molecule has 2 N–H and O–H groups in total. The van der Waals surface area contributed by atoms with Gasteiger partial charge in [-0.1, -0.05) is 31.3 Å². The largest absolute Gasteiger partial charge is 0.395 e.